The van der Waals surface area contributed by atoms with Crippen molar-refractivity contribution in [3.05, 3.63) is 0 Å². The van der Waals surface area contributed by atoms with E-state index in [1.54, 1.807) is 7.11 Å². The lowest BCUT2D eigenvalue weighted by Gasteiger charge is -2.29. The summed E-state index contributed by atoms with van der Waals surface area (Å²) in [7, 11) is 1.72. The zero-order chi connectivity index (χ0) is 11.7. The summed E-state index contributed by atoms with van der Waals surface area (Å²) in [4.78, 5) is 2.33. The monoisotopic (exact) mass is 218 g/mol. The van der Waals surface area contributed by atoms with Gasteiger partial charge in [0.1, 0.15) is 0 Å². The van der Waals surface area contributed by atoms with E-state index in [2.05, 4.69) is 18.7 Å². The van der Waals surface area contributed by atoms with Gasteiger partial charge in [-0.25, -0.2) is 0 Å². The second-order valence-corrected chi connectivity index (χ2v) is 3.89. The fraction of sp³-hybridized carbons (Fsp3) is 1.00. The highest BCUT2D eigenvalue weighted by Gasteiger charge is 2.15. The minimum atomic E-state index is 0.134. The predicted octanol–water partition coefficient (Wildman–Crippen LogP) is 0.707. The number of ether oxygens (including phenoxy) is 2. The second-order valence-electron chi connectivity index (χ2n) is 3.89. The first-order valence-electron chi connectivity index (χ1n) is 5.70. The van der Waals surface area contributed by atoms with Gasteiger partial charge in [0.05, 0.1) is 12.7 Å². The van der Waals surface area contributed by atoms with E-state index >= 15 is 0 Å². The van der Waals surface area contributed by atoms with E-state index in [4.69, 9.17) is 15.2 Å². The van der Waals surface area contributed by atoms with E-state index in [1.807, 2.05) is 6.92 Å². The first-order chi connectivity index (χ1) is 7.15. The average molecular weight is 218 g/mol. The van der Waals surface area contributed by atoms with E-state index in [0.717, 1.165) is 26.3 Å². The van der Waals surface area contributed by atoms with Crippen molar-refractivity contribution in [1.29, 1.82) is 0 Å². The van der Waals surface area contributed by atoms with Gasteiger partial charge in [-0.15, -0.1) is 0 Å². The SMILES string of the molecule is CCOC(CN)CN(CCOC)C(C)C. The Kier molecular flexibility index (Phi) is 9.00. The summed E-state index contributed by atoms with van der Waals surface area (Å²) in [5.41, 5.74) is 5.65. The molecular weight excluding hydrogens is 192 g/mol. The van der Waals surface area contributed by atoms with E-state index in [0.29, 0.717) is 12.6 Å². The molecular formula is C11H26N2O2. The van der Waals surface area contributed by atoms with Crippen LogP contribution in [0.3, 0.4) is 0 Å². The maximum absolute atomic E-state index is 5.65. The summed E-state index contributed by atoms with van der Waals surface area (Å²) in [5.74, 6) is 0. The largest absolute Gasteiger partial charge is 0.383 e. The molecule has 0 aromatic heterocycles. The van der Waals surface area contributed by atoms with E-state index < -0.39 is 0 Å². The molecule has 0 radical (unpaired) electrons. The molecule has 0 aromatic carbocycles. The van der Waals surface area contributed by atoms with E-state index in [-0.39, 0.29) is 6.10 Å². The Labute approximate surface area is 93.7 Å². The summed E-state index contributed by atoms with van der Waals surface area (Å²) in [5, 5.41) is 0. The van der Waals surface area contributed by atoms with Crippen molar-refractivity contribution in [2.24, 2.45) is 5.73 Å². The average Bonchev–Trinajstić information content (AvgIpc) is 2.22. The molecule has 15 heavy (non-hydrogen) atoms. The van der Waals surface area contributed by atoms with Gasteiger partial charge in [-0.05, 0) is 20.8 Å². The van der Waals surface area contributed by atoms with Crippen LogP contribution in [0.5, 0.6) is 0 Å². The molecule has 0 fully saturated rings. The number of hydrogen-bond donors (Lipinski definition) is 1. The Hall–Kier alpha value is -0.160. The van der Waals surface area contributed by atoms with Crippen LogP contribution in [0.4, 0.5) is 0 Å². The minimum Gasteiger partial charge on any atom is -0.383 e. The van der Waals surface area contributed by atoms with Crippen LogP contribution >= 0.6 is 0 Å². The highest BCUT2D eigenvalue weighted by Crippen LogP contribution is 2.02. The summed E-state index contributed by atoms with van der Waals surface area (Å²) >= 11 is 0. The predicted molar refractivity (Wildman–Crippen MR) is 63.1 cm³/mol. The lowest BCUT2D eigenvalue weighted by molar-refractivity contribution is 0.0235. The molecule has 0 rings (SSSR count). The van der Waals surface area contributed by atoms with Gasteiger partial charge < -0.3 is 15.2 Å². The van der Waals surface area contributed by atoms with Gasteiger partial charge >= 0.3 is 0 Å². The van der Waals surface area contributed by atoms with Crippen LogP contribution in [0.2, 0.25) is 0 Å². The molecule has 0 aliphatic rings. The summed E-state index contributed by atoms with van der Waals surface area (Å²) in [6, 6.07) is 0.495. The third-order valence-corrected chi connectivity index (χ3v) is 2.42. The van der Waals surface area contributed by atoms with Crippen LogP contribution < -0.4 is 5.73 Å². The summed E-state index contributed by atoms with van der Waals surface area (Å²) in [6.07, 6.45) is 0.134. The third kappa shape index (κ3) is 6.84. The number of hydrogen-bond acceptors (Lipinski definition) is 4. The van der Waals surface area contributed by atoms with Crippen LogP contribution in [0, 0.1) is 0 Å². The summed E-state index contributed by atoms with van der Waals surface area (Å²) < 4.78 is 10.6. The van der Waals surface area contributed by atoms with Gasteiger partial charge in [0.25, 0.3) is 0 Å². The normalized spacial score (nSPS) is 13.8. The highest BCUT2D eigenvalue weighted by molar-refractivity contribution is 4.69. The first-order valence-corrected chi connectivity index (χ1v) is 5.70. The zero-order valence-corrected chi connectivity index (χ0v) is 10.5. The van der Waals surface area contributed by atoms with Crippen molar-refractivity contribution in [3.8, 4) is 0 Å². The Balaban J connectivity index is 4.00. The molecule has 4 heteroatoms. The zero-order valence-electron chi connectivity index (χ0n) is 10.5. The van der Waals surface area contributed by atoms with Gasteiger partial charge in [-0.2, -0.15) is 0 Å². The fourth-order valence-corrected chi connectivity index (χ4v) is 1.46. The quantitative estimate of drug-likeness (QED) is 0.619. The number of nitrogens with zero attached hydrogens (tertiary/aromatic N) is 1. The molecule has 0 saturated heterocycles. The smallest absolute Gasteiger partial charge is 0.0823 e. The highest BCUT2D eigenvalue weighted by atomic mass is 16.5. The lowest BCUT2D eigenvalue weighted by Crippen LogP contribution is -2.43. The molecule has 0 bridgehead atoms. The molecule has 1 atom stereocenters. The van der Waals surface area contributed by atoms with Crippen LogP contribution in [0.1, 0.15) is 20.8 Å². The van der Waals surface area contributed by atoms with Crippen LogP contribution in [-0.4, -0.2) is 57.0 Å². The van der Waals surface area contributed by atoms with Gasteiger partial charge in [0.2, 0.25) is 0 Å². The molecule has 0 heterocycles. The van der Waals surface area contributed by atoms with E-state index in [9.17, 15) is 0 Å². The van der Waals surface area contributed by atoms with Crippen LogP contribution in [0.15, 0.2) is 0 Å². The van der Waals surface area contributed by atoms with Crippen LogP contribution in [-0.2, 0) is 9.47 Å². The molecule has 0 aromatic rings. The molecule has 1 unspecified atom stereocenters. The molecule has 0 amide bonds. The van der Waals surface area contributed by atoms with Crippen molar-refractivity contribution in [2.75, 3.05) is 40.0 Å². The molecule has 2 N–H and O–H groups in total. The summed E-state index contributed by atoms with van der Waals surface area (Å²) in [6.45, 7) is 10.2. The van der Waals surface area contributed by atoms with Gasteiger partial charge in [0.15, 0.2) is 0 Å². The molecule has 0 aliphatic carbocycles. The lowest BCUT2D eigenvalue weighted by atomic mass is 10.2. The standard InChI is InChI=1S/C11H26N2O2/c1-5-15-11(8-12)9-13(10(2)3)6-7-14-4/h10-11H,5-9,12H2,1-4H3. The minimum absolute atomic E-state index is 0.134. The van der Waals surface area contributed by atoms with Gasteiger partial charge in [0, 0.05) is 39.4 Å². The van der Waals surface area contributed by atoms with Gasteiger partial charge in [-0.3, -0.25) is 4.90 Å². The number of rotatable bonds is 9. The Morgan fingerprint density at radius 3 is 2.40 bits per heavy atom. The van der Waals surface area contributed by atoms with Crippen molar-refractivity contribution in [2.45, 2.75) is 32.9 Å². The van der Waals surface area contributed by atoms with Crippen molar-refractivity contribution < 1.29 is 9.47 Å². The first kappa shape index (κ1) is 14.8. The van der Waals surface area contributed by atoms with Crippen molar-refractivity contribution in [1.82, 2.24) is 4.90 Å². The Morgan fingerprint density at radius 1 is 1.33 bits per heavy atom. The molecule has 0 spiro atoms. The third-order valence-electron chi connectivity index (χ3n) is 2.42. The van der Waals surface area contributed by atoms with Crippen molar-refractivity contribution in [3.63, 3.8) is 0 Å². The van der Waals surface area contributed by atoms with Crippen molar-refractivity contribution >= 4 is 0 Å². The Bertz CT molecular complexity index is 143. The molecule has 0 aliphatic heterocycles. The second kappa shape index (κ2) is 9.09. The topological polar surface area (TPSA) is 47.7 Å². The maximum atomic E-state index is 5.65. The number of nitrogens with two attached hydrogens (primary N) is 1. The maximum Gasteiger partial charge on any atom is 0.0823 e. The molecule has 92 valence electrons. The molecule has 4 nitrogen and oxygen atoms in total. The van der Waals surface area contributed by atoms with Gasteiger partial charge in [-0.1, -0.05) is 0 Å². The Morgan fingerprint density at radius 2 is 2.00 bits per heavy atom. The fourth-order valence-electron chi connectivity index (χ4n) is 1.46. The van der Waals surface area contributed by atoms with Crippen LogP contribution in [0.25, 0.3) is 0 Å². The van der Waals surface area contributed by atoms with E-state index in [1.165, 1.54) is 0 Å². The molecule has 0 saturated carbocycles. The number of methoxy groups -OCH3 is 1.